The molecule has 1 heterocycles. The van der Waals surface area contributed by atoms with E-state index < -0.39 is 17.8 Å². The molecule has 0 atom stereocenters. The van der Waals surface area contributed by atoms with Crippen molar-refractivity contribution in [2.45, 2.75) is 6.92 Å². The highest BCUT2D eigenvalue weighted by atomic mass is 79.9. The molecule has 0 unspecified atom stereocenters. The number of imide groups is 2. The molecule has 1 saturated heterocycles. The van der Waals surface area contributed by atoms with Crippen LogP contribution in [0.3, 0.4) is 0 Å². The minimum absolute atomic E-state index is 0.110. The minimum Gasteiger partial charge on any atom is -0.494 e. The first-order valence-corrected chi connectivity index (χ1v) is 9.74. The van der Waals surface area contributed by atoms with Gasteiger partial charge in [-0.15, -0.1) is 6.42 Å². The number of benzene rings is 2. The minimum atomic E-state index is -0.814. The zero-order chi connectivity index (χ0) is 21.7. The van der Waals surface area contributed by atoms with E-state index in [-0.39, 0.29) is 12.2 Å². The molecule has 0 aromatic heterocycles. The molecule has 0 spiro atoms. The highest BCUT2D eigenvalue weighted by Crippen LogP contribution is 2.28. The fourth-order valence-electron chi connectivity index (χ4n) is 2.76. The number of rotatable bonds is 6. The van der Waals surface area contributed by atoms with Crippen molar-refractivity contribution in [1.29, 1.82) is 0 Å². The molecule has 0 aliphatic carbocycles. The number of ether oxygens (including phenoxy) is 2. The quantitative estimate of drug-likeness (QED) is 0.398. The molecule has 2 aromatic rings. The SMILES string of the molecule is C#CCOc1ccc(/C=C2\C(=O)NC(=O)N(c3ccc(OCC)cc3)C2=O)cc1Br. The van der Waals surface area contributed by atoms with E-state index in [1.807, 2.05) is 6.92 Å². The van der Waals surface area contributed by atoms with Gasteiger partial charge in [0.2, 0.25) is 0 Å². The lowest BCUT2D eigenvalue weighted by molar-refractivity contribution is -0.122. The predicted molar refractivity (Wildman–Crippen MR) is 115 cm³/mol. The number of amides is 4. The number of halogens is 1. The van der Waals surface area contributed by atoms with Crippen LogP contribution in [0, 0.1) is 12.3 Å². The second kappa shape index (κ2) is 9.29. The van der Waals surface area contributed by atoms with Crippen LogP contribution in [0.2, 0.25) is 0 Å². The third kappa shape index (κ3) is 4.53. The first-order valence-electron chi connectivity index (χ1n) is 8.94. The summed E-state index contributed by atoms with van der Waals surface area (Å²) < 4.78 is 11.4. The number of hydrogen-bond acceptors (Lipinski definition) is 5. The molecule has 1 aliphatic heterocycles. The maximum Gasteiger partial charge on any atom is 0.335 e. The average molecular weight is 469 g/mol. The normalized spacial score (nSPS) is 15.0. The highest BCUT2D eigenvalue weighted by molar-refractivity contribution is 9.10. The van der Waals surface area contributed by atoms with Crippen molar-refractivity contribution in [3.05, 3.63) is 58.1 Å². The van der Waals surface area contributed by atoms with Gasteiger partial charge >= 0.3 is 6.03 Å². The van der Waals surface area contributed by atoms with E-state index in [9.17, 15) is 14.4 Å². The van der Waals surface area contributed by atoms with Crippen LogP contribution in [-0.2, 0) is 9.59 Å². The molecule has 0 radical (unpaired) electrons. The highest BCUT2D eigenvalue weighted by Gasteiger charge is 2.36. The van der Waals surface area contributed by atoms with Crippen molar-refractivity contribution in [1.82, 2.24) is 5.32 Å². The molecule has 1 N–H and O–H groups in total. The van der Waals surface area contributed by atoms with Gasteiger partial charge in [0.1, 0.15) is 23.7 Å². The van der Waals surface area contributed by atoms with Gasteiger partial charge in [0.25, 0.3) is 11.8 Å². The summed E-state index contributed by atoms with van der Waals surface area (Å²) in [5, 5.41) is 2.19. The Morgan fingerprint density at radius 1 is 1.13 bits per heavy atom. The zero-order valence-corrected chi connectivity index (χ0v) is 17.6. The summed E-state index contributed by atoms with van der Waals surface area (Å²) >= 11 is 3.37. The van der Waals surface area contributed by atoms with Gasteiger partial charge < -0.3 is 9.47 Å². The Kier molecular flexibility index (Phi) is 6.54. The Morgan fingerprint density at radius 2 is 1.87 bits per heavy atom. The third-order valence-electron chi connectivity index (χ3n) is 4.09. The number of anilines is 1. The van der Waals surface area contributed by atoms with Crippen molar-refractivity contribution in [3.63, 3.8) is 0 Å². The topological polar surface area (TPSA) is 84.9 Å². The number of nitrogens with one attached hydrogen (secondary N) is 1. The monoisotopic (exact) mass is 468 g/mol. The molecule has 8 heteroatoms. The average Bonchev–Trinajstić information content (AvgIpc) is 2.72. The summed E-state index contributed by atoms with van der Waals surface area (Å²) in [5.41, 5.74) is 0.709. The van der Waals surface area contributed by atoms with E-state index in [0.29, 0.717) is 33.8 Å². The van der Waals surface area contributed by atoms with E-state index in [0.717, 1.165) is 4.90 Å². The Balaban J connectivity index is 1.90. The number of terminal acetylenes is 1. The van der Waals surface area contributed by atoms with Crippen molar-refractivity contribution in [2.24, 2.45) is 0 Å². The summed E-state index contributed by atoms with van der Waals surface area (Å²) in [5.74, 6) is 2.01. The predicted octanol–water partition coefficient (Wildman–Crippen LogP) is 3.53. The maximum atomic E-state index is 12.9. The zero-order valence-electron chi connectivity index (χ0n) is 16.0. The first kappa shape index (κ1) is 21.1. The van der Waals surface area contributed by atoms with Crippen molar-refractivity contribution in [3.8, 4) is 23.8 Å². The Labute approximate surface area is 181 Å². The van der Waals surface area contributed by atoms with Crippen LogP contribution < -0.4 is 19.7 Å². The summed E-state index contributed by atoms with van der Waals surface area (Å²) in [6.07, 6.45) is 6.59. The molecular weight excluding hydrogens is 452 g/mol. The first-order chi connectivity index (χ1) is 14.4. The van der Waals surface area contributed by atoms with Gasteiger partial charge in [0.05, 0.1) is 16.8 Å². The van der Waals surface area contributed by atoms with Gasteiger partial charge in [-0.1, -0.05) is 12.0 Å². The lowest BCUT2D eigenvalue weighted by Crippen LogP contribution is -2.54. The molecular formula is C22H17BrN2O5. The maximum absolute atomic E-state index is 12.9. The molecule has 0 saturated carbocycles. The summed E-state index contributed by atoms with van der Waals surface area (Å²) in [6, 6.07) is 10.6. The number of barbiturate groups is 1. The van der Waals surface area contributed by atoms with Crippen molar-refractivity contribution < 1.29 is 23.9 Å². The van der Waals surface area contributed by atoms with E-state index in [4.69, 9.17) is 15.9 Å². The van der Waals surface area contributed by atoms with Crippen LogP contribution in [0.4, 0.5) is 10.5 Å². The Hall–Kier alpha value is -3.57. The van der Waals surface area contributed by atoms with E-state index >= 15 is 0 Å². The van der Waals surface area contributed by atoms with Crippen molar-refractivity contribution >= 4 is 45.5 Å². The fourth-order valence-corrected chi connectivity index (χ4v) is 3.27. The molecule has 30 heavy (non-hydrogen) atoms. The second-order valence-corrected chi connectivity index (χ2v) is 6.92. The lowest BCUT2D eigenvalue weighted by Gasteiger charge is -2.26. The van der Waals surface area contributed by atoms with Gasteiger partial charge in [-0.3, -0.25) is 14.9 Å². The molecule has 3 rings (SSSR count). The number of carbonyl (C=O) groups excluding carboxylic acids is 3. The number of hydrogen-bond donors (Lipinski definition) is 1. The molecule has 1 aliphatic rings. The fraction of sp³-hybridized carbons (Fsp3) is 0.136. The van der Waals surface area contributed by atoms with Crippen LogP contribution in [0.5, 0.6) is 11.5 Å². The summed E-state index contributed by atoms with van der Waals surface area (Å²) in [4.78, 5) is 38.4. The smallest absolute Gasteiger partial charge is 0.335 e. The third-order valence-corrected chi connectivity index (χ3v) is 4.71. The van der Waals surface area contributed by atoms with Gasteiger partial charge in [0.15, 0.2) is 0 Å². The standard InChI is InChI=1S/C22H17BrN2O5/c1-3-11-30-19-10-5-14(13-18(19)23)12-17-20(26)24-22(28)25(21(17)27)15-6-8-16(9-7-15)29-4-2/h1,5-10,12-13H,4,11H2,2H3,(H,24,26,28)/b17-12+. The van der Waals surface area contributed by atoms with Crippen molar-refractivity contribution in [2.75, 3.05) is 18.1 Å². The summed E-state index contributed by atoms with van der Waals surface area (Å²) in [7, 11) is 0. The lowest BCUT2D eigenvalue weighted by atomic mass is 10.1. The van der Waals surface area contributed by atoms with Crippen LogP contribution in [-0.4, -0.2) is 31.1 Å². The molecule has 4 amide bonds. The van der Waals surface area contributed by atoms with E-state index in [1.165, 1.54) is 6.08 Å². The molecule has 152 valence electrons. The molecule has 2 aromatic carbocycles. The number of urea groups is 1. The molecule has 0 bridgehead atoms. The van der Waals surface area contributed by atoms with Gasteiger partial charge in [-0.05, 0) is 70.9 Å². The van der Waals surface area contributed by atoms with E-state index in [1.54, 1.807) is 42.5 Å². The largest absolute Gasteiger partial charge is 0.494 e. The molecule has 7 nitrogen and oxygen atoms in total. The van der Waals surface area contributed by atoms with Crippen LogP contribution in [0.1, 0.15) is 12.5 Å². The number of carbonyl (C=O) groups is 3. The number of nitrogens with zero attached hydrogens (tertiary/aromatic N) is 1. The van der Waals surface area contributed by atoms with Crippen LogP contribution >= 0.6 is 15.9 Å². The van der Waals surface area contributed by atoms with Gasteiger partial charge in [-0.25, -0.2) is 9.69 Å². The van der Waals surface area contributed by atoms with Gasteiger partial charge in [-0.2, -0.15) is 0 Å². The van der Waals surface area contributed by atoms with Crippen LogP contribution in [0.25, 0.3) is 6.08 Å². The molecule has 1 fully saturated rings. The Morgan fingerprint density at radius 3 is 2.50 bits per heavy atom. The Bertz CT molecular complexity index is 1070. The second-order valence-electron chi connectivity index (χ2n) is 6.07. The van der Waals surface area contributed by atoms with Crippen LogP contribution in [0.15, 0.2) is 52.5 Å². The van der Waals surface area contributed by atoms with E-state index in [2.05, 4.69) is 27.2 Å². The summed E-state index contributed by atoms with van der Waals surface area (Å²) in [6.45, 7) is 2.45. The van der Waals surface area contributed by atoms with Gasteiger partial charge in [0, 0.05) is 0 Å².